The van der Waals surface area contributed by atoms with Crippen LogP contribution in [0.5, 0.6) is 0 Å². The zero-order valence-corrected chi connectivity index (χ0v) is 10.3. The van der Waals surface area contributed by atoms with Crippen molar-refractivity contribution in [1.29, 1.82) is 0 Å². The monoisotopic (exact) mass is 408 g/mol. The summed E-state index contributed by atoms with van der Waals surface area (Å²) in [5.41, 5.74) is 0. The molecule has 0 aliphatic carbocycles. The number of halogens is 3. The van der Waals surface area contributed by atoms with E-state index >= 15 is 0 Å². The van der Waals surface area contributed by atoms with Gasteiger partial charge in [-0.25, -0.2) is 0 Å². The molecule has 0 saturated carbocycles. The summed E-state index contributed by atoms with van der Waals surface area (Å²) >= 11 is 9.19. The fourth-order valence-electron chi connectivity index (χ4n) is 0. The molecule has 7 heavy (non-hydrogen) atoms. The van der Waals surface area contributed by atoms with Crippen LogP contribution in [0.4, 0.5) is 0 Å². The summed E-state index contributed by atoms with van der Waals surface area (Å²) < 4.78 is 0. The van der Waals surface area contributed by atoms with Crippen LogP contribution >= 0.6 is 58.9 Å². The topological polar surface area (TPSA) is 40.5 Å². The fraction of sp³-hybridized carbons (Fsp3) is 0. The van der Waals surface area contributed by atoms with Crippen molar-refractivity contribution in [1.82, 2.24) is 0 Å². The molecule has 2 nitrogen and oxygen atoms in total. The van der Waals surface area contributed by atoms with Gasteiger partial charge in [0.05, 0.1) is 0 Å². The molecule has 0 unspecified atom stereocenters. The maximum atomic E-state index is 7.44. The van der Waals surface area contributed by atoms with Gasteiger partial charge in [0.2, 0.25) is 0 Å². The molecule has 0 atom stereocenters. The van der Waals surface area contributed by atoms with Gasteiger partial charge in [0.1, 0.15) is 0 Å². The summed E-state index contributed by atoms with van der Waals surface area (Å²) in [5, 5.41) is 0. The van der Waals surface area contributed by atoms with Crippen LogP contribution in [0.2, 0.25) is 0 Å². The predicted molar refractivity (Wildman–Crippen MR) is 47.4 cm³/mol. The van der Waals surface area contributed by atoms with E-state index in [1.54, 1.807) is 0 Å². The Morgan fingerprint density at radius 1 is 1.57 bits per heavy atom. The zero-order chi connectivity index (χ0) is 6.28. The fourth-order valence-corrected chi connectivity index (χ4v) is 0. The average Bonchev–Trinajstić information content (AvgIpc) is 1.33. The van der Waals surface area contributed by atoms with Gasteiger partial charge < -0.3 is 9.79 Å². The van der Waals surface area contributed by atoms with Crippen molar-refractivity contribution in [3.63, 3.8) is 0 Å². The van der Waals surface area contributed by atoms with Gasteiger partial charge in [-0.1, -0.05) is 0 Å². The third-order valence-electron chi connectivity index (χ3n) is 0. The SMILES string of the molecule is OP(O)Cl.[2HH].[I][V][I]. The molecule has 0 amide bonds. The van der Waals surface area contributed by atoms with Gasteiger partial charge in [0, 0.05) is 1.43 Å². The van der Waals surface area contributed by atoms with Crippen LogP contribution in [0.25, 0.3) is 0 Å². The predicted octanol–water partition coefficient (Wildman–Crippen LogP) is 2.45. The molecule has 2 N–H and O–H groups in total. The molecule has 0 radical (unpaired) electrons. The normalized spacial score (nSPS) is 7.14. The van der Waals surface area contributed by atoms with Gasteiger partial charge >= 0.3 is 49.4 Å². The minimum atomic E-state index is -2.15. The molecular weight excluding hydrogens is 403 g/mol. The van der Waals surface area contributed by atoms with E-state index in [9.17, 15) is 0 Å². The van der Waals surface area contributed by atoms with Crippen molar-refractivity contribution in [2.45, 2.75) is 0 Å². The molecule has 0 spiro atoms. The van der Waals surface area contributed by atoms with Crippen molar-refractivity contribution in [3.05, 3.63) is 0 Å². The molecule has 0 aromatic rings. The van der Waals surface area contributed by atoms with Crippen molar-refractivity contribution in [2.24, 2.45) is 0 Å². The minimum absolute atomic E-state index is 0. The van der Waals surface area contributed by atoms with E-state index in [-0.39, 0.29) is 1.43 Å². The molecule has 0 heterocycles. The Kier molecular flexibility index (Phi) is 20.3. The average molecular weight is 408 g/mol. The Labute approximate surface area is 78.4 Å². The van der Waals surface area contributed by atoms with Crippen LogP contribution in [0, 0.1) is 0 Å². The molecule has 0 aromatic carbocycles. The molecule has 47 valence electrons. The molecule has 0 bridgehead atoms. The van der Waals surface area contributed by atoms with Crippen molar-refractivity contribution in [2.75, 3.05) is 0 Å². The van der Waals surface area contributed by atoms with Gasteiger partial charge in [-0.3, -0.25) is 0 Å². The molecule has 0 aromatic heterocycles. The van der Waals surface area contributed by atoms with Gasteiger partial charge in [-0.15, -0.1) is 0 Å². The third kappa shape index (κ3) is 53.8. The van der Waals surface area contributed by atoms with E-state index in [1.165, 1.54) is 0 Å². The van der Waals surface area contributed by atoms with Crippen LogP contribution in [-0.2, 0) is 9.47 Å². The Hall–Kier alpha value is 2.68. The van der Waals surface area contributed by atoms with Crippen LogP contribution in [0.3, 0.4) is 0 Å². The molecule has 0 aliphatic rings. The molecule has 0 saturated heterocycles. The second-order valence-electron chi connectivity index (χ2n) is 0.305. The Morgan fingerprint density at radius 3 is 1.57 bits per heavy atom. The maximum absolute atomic E-state index is 7.44. The van der Waals surface area contributed by atoms with Gasteiger partial charge in [0.25, 0.3) is 7.73 Å². The first-order valence-corrected chi connectivity index (χ1v) is 12.1. The second kappa shape index (κ2) is 11.5. The van der Waals surface area contributed by atoms with Gasteiger partial charge in [0.15, 0.2) is 0 Å². The van der Waals surface area contributed by atoms with E-state index < -0.39 is 7.73 Å². The molecule has 0 rings (SSSR count). The van der Waals surface area contributed by atoms with Crippen LogP contribution < -0.4 is 0 Å². The number of rotatable bonds is 0. The number of hydrogen-bond donors (Lipinski definition) is 2. The summed E-state index contributed by atoms with van der Waals surface area (Å²) in [4.78, 5) is 14.9. The third-order valence-corrected chi connectivity index (χ3v) is 0. The Bertz CT molecular complexity index is 31.2. The van der Waals surface area contributed by atoms with Crippen LogP contribution in [0.1, 0.15) is 1.43 Å². The molecule has 0 fully saturated rings. The van der Waals surface area contributed by atoms with Gasteiger partial charge in [-0.2, -0.15) is 0 Å². The summed E-state index contributed by atoms with van der Waals surface area (Å²) in [5.74, 6) is 0. The Balaban J connectivity index is -0.0000000575. The van der Waals surface area contributed by atoms with E-state index in [2.05, 4.69) is 51.2 Å². The number of hydrogen-bond acceptors (Lipinski definition) is 2. The van der Waals surface area contributed by atoms with E-state index in [0.717, 1.165) is 0 Å². The van der Waals surface area contributed by atoms with Gasteiger partial charge in [-0.05, 0) is 11.2 Å². The van der Waals surface area contributed by atoms with Crippen LogP contribution in [-0.4, -0.2) is 9.79 Å². The molecule has 7 heteroatoms. The van der Waals surface area contributed by atoms with E-state index in [1.807, 2.05) is 0 Å². The first-order valence-electron chi connectivity index (χ1n) is 0.907. The molecular formula is H4ClI2O2PV. The summed E-state index contributed by atoms with van der Waals surface area (Å²) in [6.07, 6.45) is 0. The van der Waals surface area contributed by atoms with Crippen molar-refractivity contribution in [3.8, 4) is 0 Å². The van der Waals surface area contributed by atoms with E-state index in [0.29, 0.717) is 9.47 Å². The summed E-state index contributed by atoms with van der Waals surface area (Å²) in [6, 6.07) is 0. The van der Waals surface area contributed by atoms with Crippen molar-refractivity contribution >= 4 is 58.9 Å². The standard InChI is InChI=1S/ClH2O2P.2HI.V.H2/c1-4(2)3;;;;/h2-3H;2*1H;;1H/q;;;+2;/p-2/i;;;;1+1. The van der Waals surface area contributed by atoms with Crippen molar-refractivity contribution < 1.29 is 20.7 Å². The van der Waals surface area contributed by atoms with E-state index in [4.69, 9.17) is 9.79 Å². The van der Waals surface area contributed by atoms with Crippen LogP contribution in [0.15, 0.2) is 0 Å². The second-order valence-corrected chi connectivity index (χ2v) is 13.5. The first kappa shape index (κ1) is 12.4. The summed E-state index contributed by atoms with van der Waals surface area (Å²) in [6.45, 7) is 0. The Morgan fingerprint density at radius 2 is 1.57 bits per heavy atom. The molecule has 0 aliphatic heterocycles. The summed E-state index contributed by atoms with van der Waals surface area (Å²) in [7, 11) is -1.52. The zero-order valence-electron chi connectivity index (χ0n) is 2.92. The quantitative estimate of drug-likeness (QED) is 0.478. The first-order chi connectivity index (χ1) is 3.15.